The Morgan fingerprint density at radius 1 is 1.28 bits per heavy atom. The number of pyridine rings is 1. The van der Waals surface area contributed by atoms with Crippen molar-refractivity contribution in [1.29, 1.82) is 0 Å². The molecule has 2 aromatic heterocycles. The molecule has 2 aromatic rings. The van der Waals surface area contributed by atoms with Crippen LogP contribution in [0.2, 0.25) is 0 Å². The maximum Gasteiger partial charge on any atom is 0.417 e. The fraction of sp³-hybridized carbons (Fsp3) is 0.333. The first-order valence-corrected chi connectivity index (χ1v) is 7.17. The number of amides is 1. The summed E-state index contributed by atoms with van der Waals surface area (Å²) >= 11 is 0. The lowest BCUT2D eigenvalue weighted by molar-refractivity contribution is -0.140. The number of nitrogens with one attached hydrogen (secondary N) is 1. The van der Waals surface area contributed by atoms with Crippen molar-refractivity contribution in [2.75, 3.05) is 13.7 Å². The van der Waals surface area contributed by atoms with E-state index in [9.17, 15) is 22.8 Å². The quantitative estimate of drug-likeness (QED) is 0.827. The maximum atomic E-state index is 12.6. The predicted molar refractivity (Wildman–Crippen MR) is 80.1 cm³/mol. The zero-order valence-electron chi connectivity index (χ0n) is 13.4. The van der Waals surface area contributed by atoms with Gasteiger partial charge in [-0.3, -0.25) is 9.59 Å². The highest BCUT2D eigenvalue weighted by Gasteiger charge is 2.30. The summed E-state index contributed by atoms with van der Waals surface area (Å²) in [7, 11) is 1.25. The molecule has 10 heteroatoms. The van der Waals surface area contributed by atoms with E-state index in [1.54, 1.807) is 6.92 Å². The first-order chi connectivity index (χ1) is 11.7. The number of hydrogen-bond donors (Lipinski definition) is 1. The molecule has 0 aliphatic rings. The van der Waals surface area contributed by atoms with Crippen LogP contribution in [-0.4, -0.2) is 40.3 Å². The largest absolute Gasteiger partial charge is 0.469 e. The number of carbonyl (C=O) groups is 2. The number of ether oxygens (including phenoxy) is 1. The molecule has 7 nitrogen and oxygen atoms in total. The van der Waals surface area contributed by atoms with Crippen LogP contribution in [0.15, 0.2) is 24.5 Å². The van der Waals surface area contributed by atoms with Crippen LogP contribution in [0.25, 0.3) is 5.82 Å². The van der Waals surface area contributed by atoms with Crippen molar-refractivity contribution >= 4 is 11.9 Å². The summed E-state index contributed by atoms with van der Waals surface area (Å²) in [5, 5.41) is 6.52. The fourth-order valence-electron chi connectivity index (χ4n) is 2.02. The van der Waals surface area contributed by atoms with Gasteiger partial charge in [-0.25, -0.2) is 9.67 Å². The van der Waals surface area contributed by atoms with Crippen LogP contribution in [0, 0.1) is 6.92 Å². The number of hydrogen-bond acceptors (Lipinski definition) is 5. The SMILES string of the molecule is COC(=O)CCNC(=O)c1cnn(-c2ccc(C(F)(F)F)cn2)c1C. The number of carbonyl (C=O) groups excluding carboxylic acids is 2. The van der Waals surface area contributed by atoms with Crippen LogP contribution in [0.4, 0.5) is 13.2 Å². The van der Waals surface area contributed by atoms with Crippen LogP contribution in [0.1, 0.15) is 28.0 Å². The van der Waals surface area contributed by atoms with E-state index in [-0.39, 0.29) is 24.3 Å². The molecule has 1 N–H and O–H groups in total. The van der Waals surface area contributed by atoms with E-state index in [0.717, 1.165) is 6.07 Å². The van der Waals surface area contributed by atoms with Gasteiger partial charge in [0.2, 0.25) is 0 Å². The first-order valence-electron chi connectivity index (χ1n) is 7.17. The lowest BCUT2D eigenvalue weighted by Crippen LogP contribution is -2.26. The van der Waals surface area contributed by atoms with Crippen LogP contribution < -0.4 is 5.32 Å². The molecule has 0 bridgehead atoms. The van der Waals surface area contributed by atoms with Gasteiger partial charge < -0.3 is 10.1 Å². The van der Waals surface area contributed by atoms with Crippen molar-refractivity contribution < 1.29 is 27.5 Å². The van der Waals surface area contributed by atoms with Crippen molar-refractivity contribution in [1.82, 2.24) is 20.1 Å². The number of alkyl halides is 3. The summed E-state index contributed by atoms with van der Waals surface area (Å²) in [5.74, 6) is -0.764. The maximum absolute atomic E-state index is 12.6. The number of methoxy groups -OCH3 is 1. The number of esters is 1. The third-order valence-corrected chi connectivity index (χ3v) is 3.39. The van der Waals surface area contributed by atoms with E-state index in [2.05, 4.69) is 20.1 Å². The van der Waals surface area contributed by atoms with Gasteiger partial charge in [0, 0.05) is 12.7 Å². The molecule has 1 amide bonds. The van der Waals surface area contributed by atoms with Crippen molar-refractivity contribution in [3.05, 3.63) is 41.3 Å². The second-order valence-electron chi connectivity index (χ2n) is 5.04. The molecule has 2 heterocycles. The monoisotopic (exact) mass is 356 g/mol. The molecule has 0 fully saturated rings. The molecule has 0 atom stereocenters. The summed E-state index contributed by atoms with van der Waals surface area (Å²) in [6, 6.07) is 2.06. The van der Waals surface area contributed by atoms with Crippen molar-refractivity contribution in [2.45, 2.75) is 19.5 Å². The van der Waals surface area contributed by atoms with Crippen LogP contribution in [-0.2, 0) is 15.7 Å². The average Bonchev–Trinajstić information content (AvgIpc) is 2.95. The Morgan fingerprint density at radius 3 is 2.56 bits per heavy atom. The molecule has 0 unspecified atom stereocenters. The van der Waals surface area contributed by atoms with Gasteiger partial charge in [-0.15, -0.1) is 0 Å². The van der Waals surface area contributed by atoms with Gasteiger partial charge in [0.1, 0.15) is 0 Å². The molecule has 0 aliphatic carbocycles. The Bertz CT molecular complexity index is 769. The first kappa shape index (κ1) is 18.4. The van der Waals surface area contributed by atoms with E-state index in [1.165, 1.54) is 24.1 Å². The van der Waals surface area contributed by atoms with Crippen molar-refractivity contribution in [2.24, 2.45) is 0 Å². The summed E-state index contributed by atoms with van der Waals surface area (Å²) < 4.78 is 43.4. The molecule has 0 radical (unpaired) electrons. The second kappa shape index (κ2) is 7.32. The lowest BCUT2D eigenvalue weighted by atomic mass is 10.2. The van der Waals surface area contributed by atoms with Crippen LogP contribution in [0.3, 0.4) is 0 Å². The number of rotatable bonds is 5. The highest BCUT2D eigenvalue weighted by Crippen LogP contribution is 2.28. The third kappa shape index (κ3) is 4.34. The van der Waals surface area contributed by atoms with Crippen molar-refractivity contribution in [3.63, 3.8) is 0 Å². The number of halogens is 3. The minimum Gasteiger partial charge on any atom is -0.469 e. The molecule has 25 heavy (non-hydrogen) atoms. The Balaban J connectivity index is 2.12. The fourth-order valence-corrected chi connectivity index (χ4v) is 2.02. The molecular formula is C15H15F3N4O3. The van der Waals surface area contributed by atoms with Crippen LogP contribution >= 0.6 is 0 Å². The van der Waals surface area contributed by atoms with Gasteiger partial charge in [0.05, 0.1) is 36.5 Å². The summed E-state index contributed by atoms with van der Waals surface area (Å²) in [4.78, 5) is 26.8. The number of nitrogens with zero attached hydrogens (tertiary/aromatic N) is 3. The van der Waals surface area contributed by atoms with Gasteiger partial charge in [0.25, 0.3) is 5.91 Å². The Morgan fingerprint density at radius 2 is 2.00 bits per heavy atom. The minimum absolute atomic E-state index is 0.0237. The third-order valence-electron chi connectivity index (χ3n) is 3.39. The topological polar surface area (TPSA) is 86.1 Å². The second-order valence-corrected chi connectivity index (χ2v) is 5.04. The summed E-state index contributed by atoms with van der Waals surface area (Å²) in [6.45, 7) is 1.68. The molecule has 2 rings (SSSR count). The molecule has 0 aliphatic heterocycles. The van der Waals surface area contributed by atoms with E-state index in [0.29, 0.717) is 11.9 Å². The zero-order valence-corrected chi connectivity index (χ0v) is 13.4. The lowest BCUT2D eigenvalue weighted by Gasteiger charge is -2.08. The van der Waals surface area contributed by atoms with Crippen molar-refractivity contribution in [3.8, 4) is 5.82 Å². The van der Waals surface area contributed by atoms with Gasteiger partial charge >= 0.3 is 12.1 Å². The highest BCUT2D eigenvalue weighted by molar-refractivity contribution is 5.95. The Kier molecular flexibility index (Phi) is 5.40. The molecular weight excluding hydrogens is 341 g/mol. The minimum atomic E-state index is -4.48. The number of aromatic nitrogens is 3. The van der Waals surface area contributed by atoms with Crippen LogP contribution in [0.5, 0.6) is 0 Å². The molecule has 134 valence electrons. The van der Waals surface area contributed by atoms with Gasteiger partial charge in [-0.1, -0.05) is 0 Å². The predicted octanol–water partition coefficient (Wildman–Crippen LogP) is 1.89. The molecule has 0 spiro atoms. The Labute approximate surface area is 140 Å². The molecule has 0 saturated carbocycles. The van der Waals surface area contributed by atoms with Gasteiger partial charge in [-0.2, -0.15) is 18.3 Å². The van der Waals surface area contributed by atoms with E-state index in [4.69, 9.17) is 0 Å². The average molecular weight is 356 g/mol. The van der Waals surface area contributed by atoms with E-state index < -0.39 is 23.6 Å². The smallest absolute Gasteiger partial charge is 0.417 e. The molecule has 0 aromatic carbocycles. The summed E-state index contributed by atoms with van der Waals surface area (Å²) in [5.41, 5.74) is -0.240. The Hall–Kier alpha value is -2.91. The van der Waals surface area contributed by atoms with Gasteiger partial charge in [0.15, 0.2) is 5.82 Å². The standard InChI is InChI=1S/C15H15F3N4O3/c1-9-11(14(24)19-6-5-13(23)25-2)8-21-22(9)12-4-3-10(7-20-12)15(16,17)18/h3-4,7-8H,5-6H2,1-2H3,(H,19,24). The normalized spacial score (nSPS) is 11.2. The molecule has 0 saturated heterocycles. The summed E-state index contributed by atoms with van der Waals surface area (Å²) in [6.07, 6.45) is -2.47. The highest BCUT2D eigenvalue weighted by atomic mass is 19.4. The van der Waals surface area contributed by atoms with E-state index >= 15 is 0 Å². The van der Waals surface area contributed by atoms with Gasteiger partial charge in [-0.05, 0) is 19.1 Å². The van der Waals surface area contributed by atoms with E-state index in [1.807, 2.05) is 0 Å². The zero-order chi connectivity index (χ0) is 18.6.